The Bertz CT molecular complexity index is 2900. The number of nitrogens with one attached hydrogen (secondary N) is 1. The van der Waals surface area contributed by atoms with Gasteiger partial charge in [0.15, 0.2) is 17.2 Å². The molecule has 0 fully saturated rings. The zero-order valence-corrected chi connectivity index (χ0v) is 43.3. The average molecular weight is 1050 g/mol. The summed E-state index contributed by atoms with van der Waals surface area (Å²) < 4.78 is 47.3. The van der Waals surface area contributed by atoms with E-state index in [1.165, 1.54) is 17.6 Å². The lowest BCUT2D eigenvalue weighted by Crippen LogP contribution is -2.14. The number of benzene rings is 5. The Labute approximate surface area is 446 Å². The number of fused-ring (bicyclic) bond motifs is 2. The van der Waals surface area contributed by atoms with Gasteiger partial charge in [0.2, 0.25) is 5.13 Å². The van der Waals surface area contributed by atoms with Gasteiger partial charge in [0.25, 0.3) is 0 Å². The molecular formula is C59H63N3O13S. The number of hydrogen-bond acceptors (Lipinski definition) is 17. The largest absolute Gasteiger partial charge is 0.494 e. The molecule has 0 spiro atoms. The first kappa shape index (κ1) is 57.0. The number of hydrogen-bond donors (Lipinski definition) is 1. The van der Waals surface area contributed by atoms with E-state index in [0.29, 0.717) is 66.7 Å². The lowest BCUT2D eigenvalue weighted by Gasteiger charge is -2.20. The van der Waals surface area contributed by atoms with Crippen LogP contribution in [0.3, 0.4) is 0 Å². The van der Waals surface area contributed by atoms with E-state index in [1.807, 2.05) is 24.3 Å². The number of unbranched alkanes of at least 4 members (excludes halogenated alkanes) is 9. The van der Waals surface area contributed by atoms with E-state index in [1.54, 1.807) is 72.8 Å². The monoisotopic (exact) mass is 1050 g/mol. The van der Waals surface area contributed by atoms with Gasteiger partial charge in [-0.25, -0.2) is 29.0 Å². The molecule has 1 aromatic heterocycles. The van der Waals surface area contributed by atoms with Crippen molar-refractivity contribution in [1.82, 2.24) is 4.98 Å². The normalized spacial score (nSPS) is 10.9. The molecule has 16 nitrogen and oxygen atoms in total. The van der Waals surface area contributed by atoms with Crippen LogP contribution in [0.4, 0.5) is 5.13 Å². The van der Waals surface area contributed by atoms with E-state index in [2.05, 4.69) is 35.2 Å². The maximum atomic E-state index is 14.2. The Kier molecular flexibility index (Phi) is 23.6. The summed E-state index contributed by atoms with van der Waals surface area (Å²) in [7, 11) is 0. The summed E-state index contributed by atoms with van der Waals surface area (Å²) in [5, 5.41) is 5.94. The minimum atomic E-state index is -0.679. The van der Waals surface area contributed by atoms with Gasteiger partial charge in [-0.15, -0.1) is 0 Å². The number of ether oxygens (including phenoxy) is 8. The van der Waals surface area contributed by atoms with Gasteiger partial charge in [0, 0.05) is 29.0 Å². The minimum Gasteiger partial charge on any atom is -0.494 e. The zero-order valence-electron chi connectivity index (χ0n) is 42.5. The summed E-state index contributed by atoms with van der Waals surface area (Å²) in [4.78, 5) is 67.1. The van der Waals surface area contributed by atoms with Crippen LogP contribution < -0.4 is 29.1 Å². The summed E-state index contributed by atoms with van der Waals surface area (Å²) >= 11 is 1.40. The Morgan fingerprint density at radius 1 is 0.487 bits per heavy atom. The van der Waals surface area contributed by atoms with E-state index in [0.717, 1.165) is 92.7 Å². The van der Waals surface area contributed by atoms with Crippen LogP contribution in [0.1, 0.15) is 103 Å². The highest BCUT2D eigenvalue weighted by molar-refractivity contribution is 7.22. The summed E-state index contributed by atoms with van der Waals surface area (Å²) in [6.45, 7) is 12.3. The smallest absolute Gasteiger partial charge is 0.343 e. The quantitative estimate of drug-likeness (QED) is 0.00761. The molecule has 6 rings (SSSR count). The van der Waals surface area contributed by atoms with Crippen LogP contribution in [0, 0.1) is 0 Å². The van der Waals surface area contributed by atoms with Crippen molar-refractivity contribution in [3.63, 3.8) is 0 Å². The maximum absolute atomic E-state index is 14.2. The molecule has 5 aromatic carbocycles. The van der Waals surface area contributed by atoms with Crippen LogP contribution in [0.15, 0.2) is 140 Å². The summed E-state index contributed by atoms with van der Waals surface area (Å²) in [5.74, 6) is -1.26. The number of esters is 5. The molecule has 1 heterocycles. The van der Waals surface area contributed by atoms with Crippen molar-refractivity contribution < 1.29 is 61.9 Å². The molecule has 0 amide bonds. The van der Waals surface area contributed by atoms with Crippen molar-refractivity contribution in [2.75, 3.05) is 45.1 Å². The highest BCUT2D eigenvalue weighted by Crippen LogP contribution is 2.46. The molecule has 6 aromatic rings. The molecule has 0 aliphatic carbocycles. The first-order chi connectivity index (χ1) is 37.2. The molecule has 0 atom stereocenters. The van der Waals surface area contributed by atoms with Gasteiger partial charge in [-0.3, -0.25) is 5.43 Å². The fourth-order valence-corrected chi connectivity index (χ4v) is 8.33. The van der Waals surface area contributed by atoms with E-state index in [-0.39, 0.29) is 47.2 Å². The van der Waals surface area contributed by atoms with Crippen molar-refractivity contribution in [2.45, 2.75) is 77.0 Å². The molecule has 398 valence electrons. The Hall–Kier alpha value is -8.31. The van der Waals surface area contributed by atoms with E-state index in [4.69, 9.17) is 37.9 Å². The standard InChI is InChI=1S/C59H63N3O13S/c1-4-51(63)70-37-19-9-7-17-35-68-44-31-27-42(28-32-44)57(66)74-54-46-23-13-14-24-47(46)56(75-58(67)43-29-33-45(34-30-43)69-36-18-8-10-20-38-71-52(64)5-2)55(73-40-22-12-11-21-39-72-53(65)6-3)48(54)41-60-62-59-61-49-25-15-16-26-50(49)76-59/h4-6,13-16,23-34,41H,1-3,7-12,17-22,35-40H2,(H,61,62)/b60-41+. The third-order valence-electron chi connectivity index (χ3n) is 11.5. The zero-order chi connectivity index (χ0) is 53.7. The van der Waals surface area contributed by atoms with Crippen LogP contribution in [0.5, 0.6) is 28.7 Å². The van der Waals surface area contributed by atoms with Crippen molar-refractivity contribution in [2.24, 2.45) is 5.10 Å². The Balaban J connectivity index is 1.24. The predicted molar refractivity (Wildman–Crippen MR) is 293 cm³/mol. The third-order valence-corrected chi connectivity index (χ3v) is 12.4. The van der Waals surface area contributed by atoms with Gasteiger partial charge in [-0.05, 0) is 138 Å². The van der Waals surface area contributed by atoms with Gasteiger partial charge in [0.1, 0.15) is 11.5 Å². The maximum Gasteiger partial charge on any atom is 0.343 e. The van der Waals surface area contributed by atoms with Gasteiger partial charge in [0.05, 0.1) is 72.8 Å². The van der Waals surface area contributed by atoms with Crippen LogP contribution in [0.25, 0.3) is 21.0 Å². The van der Waals surface area contributed by atoms with Crippen LogP contribution in [-0.2, 0) is 28.6 Å². The Morgan fingerprint density at radius 2 is 0.908 bits per heavy atom. The lowest BCUT2D eigenvalue weighted by molar-refractivity contribution is -0.138. The van der Waals surface area contributed by atoms with Gasteiger partial charge >= 0.3 is 29.8 Å². The predicted octanol–water partition coefficient (Wildman–Crippen LogP) is 12.3. The van der Waals surface area contributed by atoms with Crippen LogP contribution in [0.2, 0.25) is 0 Å². The second-order valence-corrected chi connectivity index (χ2v) is 18.1. The van der Waals surface area contributed by atoms with Crippen molar-refractivity contribution in [3.8, 4) is 28.7 Å². The van der Waals surface area contributed by atoms with E-state index < -0.39 is 29.8 Å². The summed E-state index contributed by atoms with van der Waals surface area (Å²) in [6.07, 6.45) is 14.1. The third kappa shape index (κ3) is 18.3. The fraction of sp³-hybridized carbons (Fsp3) is 0.305. The molecule has 0 radical (unpaired) electrons. The summed E-state index contributed by atoms with van der Waals surface area (Å²) in [6, 6.07) is 28.0. The average Bonchev–Trinajstić information content (AvgIpc) is 3.89. The molecule has 0 aliphatic heterocycles. The summed E-state index contributed by atoms with van der Waals surface area (Å²) in [5.41, 5.74) is 4.50. The topological polar surface area (TPSA) is 196 Å². The number of carbonyl (C=O) groups is 5. The van der Waals surface area contributed by atoms with Crippen molar-refractivity contribution in [3.05, 3.63) is 152 Å². The number of rotatable bonds is 34. The molecule has 0 aliphatic rings. The van der Waals surface area contributed by atoms with Crippen LogP contribution >= 0.6 is 11.3 Å². The van der Waals surface area contributed by atoms with Gasteiger partial charge in [-0.1, -0.05) is 67.5 Å². The van der Waals surface area contributed by atoms with Crippen molar-refractivity contribution >= 4 is 73.5 Å². The molecule has 0 saturated heterocycles. The molecule has 17 heteroatoms. The lowest BCUT2D eigenvalue weighted by atomic mass is 10.0. The molecule has 76 heavy (non-hydrogen) atoms. The number of nitrogens with zero attached hydrogens (tertiary/aromatic N) is 2. The second-order valence-electron chi connectivity index (χ2n) is 17.0. The number of hydrazone groups is 1. The molecular weight excluding hydrogens is 991 g/mol. The van der Waals surface area contributed by atoms with Crippen molar-refractivity contribution in [1.29, 1.82) is 0 Å². The highest BCUT2D eigenvalue weighted by atomic mass is 32.1. The van der Waals surface area contributed by atoms with E-state index >= 15 is 0 Å². The number of para-hydroxylation sites is 1. The first-order valence-electron chi connectivity index (χ1n) is 25.3. The number of anilines is 1. The first-order valence-corrected chi connectivity index (χ1v) is 26.1. The number of carbonyl (C=O) groups excluding carboxylic acids is 5. The van der Waals surface area contributed by atoms with E-state index in [9.17, 15) is 24.0 Å². The van der Waals surface area contributed by atoms with Crippen LogP contribution in [-0.4, -0.2) is 80.7 Å². The number of aromatic nitrogens is 1. The highest BCUT2D eigenvalue weighted by Gasteiger charge is 2.27. The molecule has 0 saturated carbocycles. The molecule has 0 unspecified atom stereocenters. The Morgan fingerprint density at radius 3 is 1.38 bits per heavy atom. The fourth-order valence-electron chi connectivity index (χ4n) is 7.52. The molecule has 1 N–H and O–H groups in total. The second kappa shape index (κ2) is 31.4. The van der Waals surface area contributed by atoms with Gasteiger partial charge in [-0.2, -0.15) is 5.10 Å². The minimum absolute atomic E-state index is 0.0791. The van der Waals surface area contributed by atoms with Gasteiger partial charge < -0.3 is 37.9 Å². The number of thiazole rings is 1. The SMILES string of the molecule is C=CC(=O)OCCCCCCOc1ccc(C(=O)Oc2c(/C=N/Nc3nc4ccccc4s3)c(OCCCCCCOC(=O)C=C)c(OC(=O)c3ccc(OCCCCCCOC(=O)C=C)cc3)c3ccccc23)cc1. The molecule has 0 bridgehead atoms.